The SMILES string of the molecule is CCc1cc(CNCCCCCSC)n(C)n1. The van der Waals surface area contributed by atoms with Gasteiger partial charge in [-0.15, -0.1) is 0 Å². The Balaban J connectivity index is 2.11. The van der Waals surface area contributed by atoms with Crippen LogP contribution in [0.4, 0.5) is 0 Å². The lowest BCUT2D eigenvalue weighted by Gasteiger charge is -2.04. The van der Waals surface area contributed by atoms with Crippen molar-refractivity contribution < 1.29 is 0 Å². The van der Waals surface area contributed by atoms with Gasteiger partial charge in [-0.25, -0.2) is 0 Å². The summed E-state index contributed by atoms with van der Waals surface area (Å²) >= 11 is 1.94. The third kappa shape index (κ3) is 5.59. The van der Waals surface area contributed by atoms with Crippen LogP contribution in [-0.4, -0.2) is 28.3 Å². The Morgan fingerprint density at radius 3 is 2.82 bits per heavy atom. The van der Waals surface area contributed by atoms with Gasteiger partial charge in [0.25, 0.3) is 0 Å². The molecule has 0 atom stereocenters. The molecule has 0 aliphatic heterocycles. The molecule has 3 nitrogen and oxygen atoms in total. The van der Waals surface area contributed by atoms with E-state index >= 15 is 0 Å². The average Bonchev–Trinajstić information content (AvgIpc) is 2.69. The lowest BCUT2D eigenvalue weighted by atomic mass is 10.2. The summed E-state index contributed by atoms with van der Waals surface area (Å²) in [5.41, 5.74) is 2.47. The van der Waals surface area contributed by atoms with E-state index in [1.54, 1.807) is 0 Å². The number of aromatic nitrogens is 2. The van der Waals surface area contributed by atoms with E-state index in [2.05, 4.69) is 29.7 Å². The Morgan fingerprint density at radius 1 is 1.35 bits per heavy atom. The molecule has 0 spiro atoms. The molecule has 17 heavy (non-hydrogen) atoms. The molecule has 1 aromatic heterocycles. The summed E-state index contributed by atoms with van der Waals surface area (Å²) in [4.78, 5) is 0. The molecule has 0 fully saturated rings. The lowest BCUT2D eigenvalue weighted by molar-refractivity contribution is 0.589. The Labute approximate surface area is 109 Å². The molecule has 0 saturated carbocycles. The van der Waals surface area contributed by atoms with Crippen LogP contribution in [0.3, 0.4) is 0 Å². The van der Waals surface area contributed by atoms with Gasteiger partial charge in [0.1, 0.15) is 0 Å². The molecule has 0 aromatic carbocycles. The van der Waals surface area contributed by atoms with E-state index < -0.39 is 0 Å². The van der Waals surface area contributed by atoms with Crippen molar-refractivity contribution in [2.75, 3.05) is 18.6 Å². The van der Waals surface area contributed by atoms with Gasteiger partial charge < -0.3 is 5.32 Å². The van der Waals surface area contributed by atoms with E-state index in [4.69, 9.17) is 0 Å². The Morgan fingerprint density at radius 2 is 2.18 bits per heavy atom. The predicted octanol–water partition coefficient (Wildman–Crippen LogP) is 2.61. The van der Waals surface area contributed by atoms with Gasteiger partial charge in [0.2, 0.25) is 0 Å². The smallest absolute Gasteiger partial charge is 0.0625 e. The fourth-order valence-corrected chi connectivity index (χ4v) is 2.29. The first-order valence-corrected chi connectivity index (χ1v) is 7.88. The van der Waals surface area contributed by atoms with E-state index in [0.717, 1.165) is 19.5 Å². The van der Waals surface area contributed by atoms with Crippen LogP contribution in [0.5, 0.6) is 0 Å². The number of nitrogens with one attached hydrogen (secondary N) is 1. The van der Waals surface area contributed by atoms with Gasteiger partial charge >= 0.3 is 0 Å². The molecule has 0 saturated heterocycles. The van der Waals surface area contributed by atoms with E-state index in [1.807, 2.05) is 23.5 Å². The first-order valence-electron chi connectivity index (χ1n) is 6.49. The van der Waals surface area contributed by atoms with Crippen LogP contribution < -0.4 is 5.32 Å². The second-order valence-electron chi connectivity index (χ2n) is 4.33. The van der Waals surface area contributed by atoms with Crippen LogP contribution in [0, 0.1) is 0 Å². The highest BCUT2D eigenvalue weighted by molar-refractivity contribution is 7.98. The van der Waals surface area contributed by atoms with Crippen molar-refractivity contribution in [3.8, 4) is 0 Å². The highest BCUT2D eigenvalue weighted by Gasteiger charge is 2.02. The number of rotatable bonds is 9. The quantitative estimate of drug-likeness (QED) is 0.688. The largest absolute Gasteiger partial charge is 0.311 e. The molecular weight excluding hydrogens is 230 g/mol. The Kier molecular flexibility index (Phi) is 7.37. The monoisotopic (exact) mass is 255 g/mol. The minimum atomic E-state index is 0.937. The normalized spacial score (nSPS) is 11.0. The van der Waals surface area contributed by atoms with Crippen LogP contribution in [0.15, 0.2) is 6.07 Å². The fourth-order valence-electron chi connectivity index (χ4n) is 1.80. The number of thioether (sulfide) groups is 1. The number of hydrogen-bond acceptors (Lipinski definition) is 3. The minimum absolute atomic E-state index is 0.937. The van der Waals surface area contributed by atoms with Crippen molar-refractivity contribution in [1.82, 2.24) is 15.1 Å². The summed E-state index contributed by atoms with van der Waals surface area (Å²) in [6.07, 6.45) is 7.14. The molecule has 98 valence electrons. The zero-order chi connectivity index (χ0) is 12.5. The predicted molar refractivity (Wildman–Crippen MR) is 76.5 cm³/mol. The summed E-state index contributed by atoms with van der Waals surface area (Å²) in [6, 6.07) is 2.20. The minimum Gasteiger partial charge on any atom is -0.311 e. The molecule has 1 N–H and O–H groups in total. The zero-order valence-electron chi connectivity index (χ0n) is 11.3. The van der Waals surface area contributed by atoms with E-state index in [0.29, 0.717) is 0 Å². The summed E-state index contributed by atoms with van der Waals surface area (Å²) in [5.74, 6) is 1.29. The molecule has 0 aliphatic rings. The van der Waals surface area contributed by atoms with Gasteiger partial charge in [-0.2, -0.15) is 16.9 Å². The Hall–Kier alpha value is -0.480. The molecule has 1 rings (SSSR count). The molecule has 0 bridgehead atoms. The number of unbranched alkanes of at least 4 members (excludes halogenated alkanes) is 2. The zero-order valence-corrected chi connectivity index (χ0v) is 12.1. The standard InChI is InChI=1S/C13H25N3S/c1-4-12-10-13(16(2)15-12)11-14-8-6-5-7-9-17-3/h10,14H,4-9,11H2,1-3H3. The highest BCUT2D eigenvalue weighted by atomic mass is 32.2. The van der Waals surface area contributed by atoms with Gasteiger partial charge in [0.15, 0.2) is 0 Å². The van der Waals surface area contributed by atoms with Crippen LogP contribution >= 0.6 is 11.8 Å². The third-order valence-corrected chi connectivity index (χ3v) is 3.59. The number of nitrogens with zero attached hydrogens (tertiary/aromatic N) is 2. The van der Waals surface area contributed by atoms with Crippen LogP contribution in [0.2, 0.25) is 0 Å². The molecule has 0 aliphatic carbocycles. The molecule has 0 radical (unpaired) electrons. The van der Waals surface area contributed by atoms with E-state index in [-0.39, 0.29) is 0 Å². The van der Waals surface area contributed by atoms with Crippen molar-refractivity contribution >= 4 is 11.8 Å². The van der Waals surface area contributed by atoms with E-state index in [1.165, 1.54) is 36.4 Å². The first kappa shape index (κ1) is 14.6. The van der Waals surface area contributed by atoms with Crippen molar-refractivity contribution in [2.24, 2.45) is 7.05 Å². The van der Waals surface area contributed by atoms with Crippen molar-refractivity contribution in [3.63, 3.8) is 0 Å². The van der Waals surface area contributed by atoms with Gasteiger partial charge in [-0.05, 0) is 43.9 Å². The maximum atomic E-state index is 4.44. The second-order valence-corrected chi connectivity index (χ2v) is 5.32. The van der Waals surface area contributed by atoms with Gasteiger partial charge in [0.05, 0.1) is 11.4 Å². The topological polar surface area (TPSA) is 29.9 Å². The molecular formula is C13H25N3S. The third-order valence-electron chi connectivity index (χ3n) is 2.90. The van der Waals surface area contributed by atoms with Gasteiger partial charge in [-0.1, -0.05) is 13.3 Å². The highest BCUT2D eigenvalue weighted by Crippen LogP contribution is 2.04. The van der Waals surface area contributed by atoms with Gasteiger partial charge in [0, 0.05) is 13.6 Å². The van der Waals surface area contributed by atoms with Crippen molar-refractivity contribution in [2.45, 2.75) is 39.2 Å². The lowest BCUT2D eigenvalue weighted by Crippen LogP contribution is -2.16. The van der Waals surface area contributed by atoms with Gasteiger partial charge in [-0.3, -0.25) is 4.68 Å². The first-order chi connectivity index (χ1) is 8.27. The van der Waals surface area contributed by atoms with Crippen LogP contribution in [0.25, 0.3) is 0 Å². The molecule has 1 heterocycles. The van der Waals surface area contributed by atoms with Crippen molar-refractivity contribution in [1.29, 1.82) is 0 Å². The molecule has 0 amide bonds. The molecule has 4 heteroatoms. The maximum Gasteiger partial charge on any atom is 0.0625 e. The average molecular weight is 255 g/mol. The number of hydrogen-bond donors (Lipinski definition) is 1. The number of aryl methyl sites for hydroxylation is 2. The molecule has 0 unspecified atom stereocenters. The maximum absolute atomic E-state index is 4.44. The summed E-state index contributed by atoms with van der Waals surface area (Å²) in [6.45, 7) is 4.19. The fraction of sp³-hybridized carbons (Fsp3) is 0.769. The summed E-state index contributed by atoms with van der Waals surface area (Å²) in [7, 11) is 2.02. The summed E-state index contributed by atoms with van der Waals surface area (Å²) < 4.78 is 1.99. The van der Waals surface area contributed by atoms with Crippen LogP contribution in [-0.2, 0) is 20.0 Å². The second kappa shape index (κ2) is 8.59. The van der Waals surface area contributed by atoms with Crippen molar-refractivity contribution in [3.05, 3.63) is 17.5 Å². The van der Waals surface area contributed by atoms with E-state index in [9.17, 15) is 0 Å². The Bertz CT molecular complexity index is 310. The molecule has 1 aromatic rings. The van der Waals surface area contributed by atoms with Crippen LogP contribution in [0.1, 0.15) is 37.6 Å². The summed E-state index contributed by atoms with van der Waals surface area (Å²) in [5, 5.41) is 7.93.